The van der Waals surface area contributed by atoms with Crippen molar-refractivity contribution in [3.63, 3.8) is 0 Å². The zero-order valence-electron chi connectivity index (χ0n) is 10.2. The van der Waals surface area contributed by atoms with E-state index in [1.165, 1.54) is 5.56 Å². The molecule has 2 nitrogen and oxygen atoms in total. The number of aliphatic hydroxyl groups excluding tert-OH is 1. The van der Waals surface area contributed by atoms with Crippen molar-refractivity contribution < 1.29 is 9.84 Å². The zero-order chi connectivity index (χ0) is 11.8. The fourth-order valence-corrected chi connectivity index (χ4v) is 1.61. The summed E-state index contributed by atoms with van der Waals surface area (Å²) in [4.78, 5) is 0. The van der Waals surface area contributed by atoms with Gasteiger partial charge in [-0.05, 0) is 31.2 Å². The van der Waals surface area contributed by atoms with Crippen LogP contribution in [0.15, 0.2) is 30.3 Å². The molecule has 0 fully saturated rings. The van der Waals surface area contributed by atoms with Gasteiger partial charge in [-0.3, -0.25) is 0 Å². The summed E-state index contributed by atoms with van der Waals surface area (Å²) in [6.07, 6.45) is 2.12. The van der Waals surface area contributed by atoms with Crippen LogP contribution in [-0.2, 0) is 11.3 Å². The summed E-state index contributed by atoms with van der Waals surface area (Å²) in [5.41, 5.74) is 1.21. The zero-order valence-corrected chi connectivity index (χ0v) is 10.2. The molecule has 0 aliphatic rings. The Labute approximate surface area is 98.3 Å². The lowest BCUT2D eigenvalue weighted by Gasteiger charge is -2.20. The molecule has 2 atom stereocenters. The lowest BCUT2D eigenvalue weighted by Crippen LogP contribution is -2.18. The van der Waals surface area contributed by atoms with Gasteiger partial charge >= 0.3 is 0 Å². The topological polar surface area (TPSA) is 29.5 Å². The summed E-state index contributed by atoms with van der Waals surface area (Å²) in [5.74, 6) is 0.496. The summed E-state index contributed by atoms with van der Waals surface area (Å²) >= 11 is 0. The Morgan fingerprint density at radius 1 is 1.19 bits per heavy atom. The Morgan fingerprint density at radius 3 is 2.50 bits per heavy atom. The largest absolute Gasteiger partial charge is 0.396 e. The molecule has 0 saturated carbocycles. The van der Waals surface area contributed by atoms with Gasteiger partial charge in [0.1, 0.15) is 0 Å². The monoisotopic (exact) mass is 222 g/mol. The van der Waals surface area contributed by atoms with Crippen LogP contribution in [-0.4, -0.2) is 17.8 Å². The fraction of sp³-hybridized carbons (Fsp3) is 0.571. The van der Waals surface area contributed by atoms with Crippen LogP contribution in [0.5, 0.6) is 0 Å². The van der Waals surface area contributed by atoms with Crippen molar-refractivity contribution in [3.05, 3.63) is 35.9 Å². The van der Waals surface area contributed by atoms with Gasteiger partial charge in [-0.1, -0.05) is 37.3 Å². The summed E-state index contributed by atoms with van der Waals surface area (Å²) < 4.78 is 5.81. The Hall–Kier alpha value is -0.860. The highest BCUT2D eigenvalue weighted by Crippen LogP contribution is 2.15. The van der Waals surface area contributed by atoms with E-state index in [1.807, 2.05) is 18.2 Å². The molecule has 0 amide bonds. The average molecular weight is 222 g/mol. The molecule has 0 aromatic heterocycles. The lowest BCUT2D eigenvalue weighted by atomic mass is 10.0. The maximum Gasteiger partial charge on any atom is 0.0720 e. The van der Waals surface area contributed by atoms with Crippen molar-refractivity contribution in [1.29, 1.82) is 0 Å². The second kappa shape index (κ2) is 7.42. The SMILES string of the molecule is CC(CCCO)C(C)OCc1ccccc1. The second-order valence-corrected chi connectivity index (χ2v) is 4.34. The maximum absolute atomic E-state index is 8.76. The van der Waals surface area contributed by atoms with Gasteiger partial charge in [0, 0.05) is 6.61 Å². The van der Waals surface area contributed by atoms with Crippen molar-refractivity contribution >= 4 is 0 Å². The third-order valence-electron chi connectivity index (χ3n) is 2.97. The predicted molar refractivity (Wildman–Crippen MR) is 66.2 cm³/mol. The van der Waals surface area contributed by atoms with Crippen LogP contribution in [0, 0.1) is 5.92 Å². The van der Waals surface area contributed by atoms with Crippen molar-refractivity contribution in [2.45, 2.75) is 39.4 Å². The Morgan fingerprint density at radius 2 is 1.88 bits per heavy atom. The van der Waals surface area contributed by atoms with Crippen molar-refractivity contribution in [1.82, 2.24) is 0 Å². The average Bonchev–Trinajstić information content (AvgIpc) is 2.34. The van der Waals surface area contributed by atoms with Crippen LogP contribution in [0.4, 0.5) is 0 Å². The quantitative estimate of drug-likeness (QED) is 0.768. The molecular formula is C14H22O2. The van der Waals surface area contributed by atoms with Gasteiger partial charge in [0.2, 0.25) is 0 Å². The van der Waals surface area contributed by atoms with E-state index in [1.54, 1.807) is 0 Å². The molecule has 0 radical (unpaired) electrons. The first-order chi connectivity index (χ1) is 7.74. The highest BCUT2D eigenvalue weighted by atomic mass is 16.5. The standard InChI is InChI=1S/C14H22O2/c1-12(7-6-10-15)13(2)16-11-14-8-4-3-5-9-14/h3-5,8-9,12-13,15H,6-7,10-11H2,1-2H3. The molecule has 90 valence electrons. The number of hydrogen-bond donors (Lipinski definition) is 1. The van der Waals surface area contributed by atoms with Gasteiger partial charge in [0.05, 0.1) is 12.7 Å². The van der Waals surface area contributed by atoms with Crippen LogP contribution in [0.25, 0.3) is 0 Å². The predicted octanol–water partition coefficient (Wildman–Crippen LogP) is 3.00. The second-order valence-electron chi connectivity index (χ2n) is 4.34. The summed E-state index contributed by atoms with van der Waals surface area (Å²) in [6, 6.07) is 10.2. The van der Waals surface area contributed by atoms with Crippen LogP contribution in [0.1, 0.15) is 32.3 Å². The molecule has 0 saturated heterocycles. The number of benzene rings is 1. The molecular weight excluding hydrogens is 200 g/mol. The van der Waals surface area contributed by atoms with E-state index in [0.717, 1.165) is 12.8 Å². The number of rotatable bonds is 7. The number of aliphatic hydroxyl groups is 1. The third-order valence-corrected chi connectivity index (χ3v) is 2.97. The molecule has 1 N–H and O–H groups in total. The third kappa shape index (κ3) is 4.77. The van der Waals surface area contributed by atoms with Crippen molar-refractivity contribution in [2.75, 3.05) is 6.61 Å². The lowest BCUT2D eigenvalue weighted by molar-refractivity contribution is 0.0145. The Bertz CT molecular complexity index is 271. The molecule has 0 heterocycles. The smallest absolute Gasteiger partial charge is 0.0720 e. The fourth-order valence-electron chi connectivity index (χ4n) is 1.61. The number of ether oxygens (including phenoxy) is 1. The van der Waals surface area contributed by atoms with E-state index >= 15 is 0 Å². The Balaban J connectivity index is 2.26. The minimum Gasteiger partial charge on any atom is -0.396 e. The molecule has 0 spiro atoms. The van der Waals surface area contributed by atoms with E-state index in [0.29, 0.717) is 12.5 Å². The van der Waals surface area contributed by atoms with E-state index in [2.05, 4.69) is 26.0 Å². The minimum absolute atomic E-state index is 0.242. The molecule has 16 heavy (non-hydrogen) atoms. The molecule has 2 heteroatoms. The first kappa shape index (κ1) is 13.2. The highest BCUT2D eigenvalue weighted by Gasteiger charge is 2.12. The molecule has 1 rings (SSSR count). The van der Waals surface area contributed by atoms with Crippen LogP contribution in [0.3, 0.4) is 0 Å². The van der Waals surface area contributed by atoms with E-state index < -0.39 is 0 Å². The molecule has 0 bridgehead atoms. The maximum atomic E-state index is 8.76. The normalized spacial score (nSPS) is 14.7. The minimum atomic E-state index is 0.242. The summed E-state index contributed by atoms with van der Waals surface area (Å²) in [6.45, 7) is 5.22. The molecule has 2 unspecified atom stereocenters. The van der Waals surface area contributed by atoms with Crippen LogP contribution in [0.2, 0.25) is 0 Å². The van der Waals surface area contributed by atoms with Gasteiger partial charge in [0.25, 0.3) is 0 Å². The summed E-state index contributed by atoms with van der Waals surface area (Å²) in [7, 11) is 0. The van der Waals surface area contributed by atoms with Crippen LogP contribution < -0.4 is 0 Å². The molecule has 1 aromatic rings. The van der Waals surface area contributed by atoms with Gasteiger partial charge in [-0.25, -0.2) is 0 Å². The first-order valence-corrected chi connectivity index (χ1v) is 6.00. The van der Waals surface area contributed by atoms with Crippen molar-refractivity contribution in [2.24, 2.45) is 5.92 Å². The summed E-state index contributed by atoms with van der Waals surface area (Å²) in [5, 5.41) is 8.76. The van der Waals surface area contributed by atoms with Gasteiger partial charge in [0.15, 0.2) is 0 Å². The van der Waals surface area contributed by atoms with E-state index in [9.17, 15) is 0 Å². The van der Waals surface area contributed by atoms with Gasteiger partial charge in [-0.15, -0.1) is 0 Å². The molecule has 0 aliphatic carbocycles. The highest BCUT2D eigenvalue weighted by molar-refractivity contribution is 5.13. The molecule has 1 aromatic carbocycles. The van der Waals surface area contributed by atoms with E-state index in [-0.39, 0.29) is 12.7 Å². The molecule has 0 aliphatic heterocycles. The Kier molecular flexibility index (Phi) is 6.12. The van der Waals surface area contributed by atoms with Gasteiger partial charge in [-0.2, -0.15) is 0 Å². The van der Waals surface area contributed by atoms with Crippen molar-refractivity contribution in [3.8, 4) is 0 Å². The first-order valence-electron chi connectivity index (χ1n) is 6.00. The van der Waals surface area contributed by atoms with Gasteiger partial charge < -0.3 is 9.84 Å². The number of hydrogen-bond acceptors (Lipinski definition) is 2. The van der Waals surface area contributed by atoms with Crippen LogP contribution >= 0.6 is 0 Å². The van der Waals surface area contributed by atoms with E-state index in [4.69, 9.17) is 9.84 Å².